The van der Waals surface area contributed by atoms with Crippen LogP contribution in [-0.4, -0.2) is 40.9 Å². The molecule has 0 bridgehead atoms. The van der Waals surface area contributed by atoms with Crippen LogP contribution >= 0.6 is 0 Å². The SMILES string of the molecule is Cc1cccc(S(=O)(=O)N2C[C@H](c3nc(-c4ccncc4)no3)[C@@H](C)C2)c1. The first-order valence-electron chi connectivity index (χ1n) is 8.76. The maximum Gasteiger partial charge on any atom is 0.243 e. The van der Waals surface area contributed by atoms with E-state index in [1.807, 2.05) is 19.9 Å². The molecule has 0 saturated carbocycles. The van der Waals surface area contributed by atoms with Gasteiger partial charge in [-0.1, -0.05) is 24.2 Å². The lowest BCUT2D eigenvalue weighted by Gasteiger charge is -2.16. The highest BCUT2D eigenvalue weighted by Crippen LogP contribution is 2.35. The van der Waals surface area contributed by atoms with Gasteiger partial charge in [-0.25, -0.2) is 8.42 Å². The van der Waals surface area contributed by atoms with Gasteiger partial charge < -0.3 is 4.52 Å². The second-order valence-corrected chi connectivity index (χ2v) is 8.85. The molecule has 7 nitrogen and oxygen atoms in total. The van der Waals surface area contributed by atoms with E-state index < -0.39 is 10.0 Å². The largest absolute Gasteiger partial charge is 0.339 e. The van der Waals surface area contributed by atoms with Crippen molar-refractivity contribution in [3.63, 3.8) is 0 Å². The highest BCUT2D eigenvalue weighted by molar-refractivity contribution is 7.89. The Labute approximate surface area is 158 Å². The highest BCUT2D eigenvalue weighted by atomic mass is 32.2. The molecule has 1 aliphatic rings. The van der Waals surface area contributed by atoms with E-state index in [0.717, 1.165) is 11.1 Å². The minimum Gasteiger partial charge on any atom is -0.339 e. The average Bonchev–Trinajstić information content (AvgIpc) is 3.29. The summed E-state index contributed by atoms with van der Waals surface area (Å²) in [5.41, 5.74) is 1.73. The molecule has 140 valence electrons. The van der Waals surface area contributed by atoms with Crippen LogP contribution in [0.1, 0.15) is 24.3 Å². The number of pyridine rings is 1. The third-order valence-electron chi connectivity index (χ3n) is 4.90. The van der Waals surface area contributed by atoms with Crippen molar-refractivity contribution in [3.8, 4) is 11.4 Å². The van der Waals surface area contributed by atoms with Crippen molar-refractivity contribution in [2.75, 3.05) is 13.1 Å². The summed E-state index contributed by atoms with van der Waals surface area (Å²) >= 11 is 0. The minimum atomic E-state index is -3.55. The van der Waals surface area contributed by atoms with E-state index in [2.05, 4.69) is 15.1 Å². The number of sulfonamides is 1. The fourth-order valence-electron chi connectivity index (χ4n) is 3.37. The van der Waals surface area contributed by atoms with Crippen LogP contribution < -0.4 is 0 Å². The van der Waals surface area contributed by atoms with Crippen molar-refractivity contribution in [2.24, 2.45) is 5.92 Å². The van der Waals surface area contributed by atoms with Crippen molar-refractivity contribution < 1.29 is 12.9 Å². The number of hydrogen-bond donors (Lipinski definition) is 0. The molecule has 1 saturated heterocycles. The van der Waals surface area contributed by atoms with Crippen molar-refractivity contribution in [1.29, 1.82) is 0 Å². The van der Waals surface area contributed by atoms with E-state index in [4.69, 9.17) is 4.52 Å². The van der Waals surface area contributed by atoms with E-state index in [0.29, 0.717) is 29.7 Å². The van der Waals surface area contributed by atoms with Crippen LogP contribution in [0.3, 0.4) is 0 Å². The molecule has 0 spiro atoms. The zero-order valence-corrected chi connectivity index (χ0v) is 15.9. The maximum absolute atomic E-state index is 13.0. The number of rotatable bonds is 4. The van der Waals surface area contributed by atoms with Gasteiger partial charge in [0.15, 0.2) is 0 Å². The van der Waals surface area contributed by atoms with Gasteiger partial charge in [-0.2, -0.15) is 9.29 Å². The van der Waals surface area contributed by atoms with Gasteiger partial charge >= 0.3 is 0 Å². The number of benzene rings is 1. The van der Waals surface area contributed by atoms with Crippen LogP contribution in [0, 0.1) is 12.8 Å². The summed E-state index contributed by atoms with van der Waals surface area (Å²) in [6.45, 7) is 4.64. The molecular weight excluding hydrogens is 364 g/mol. The standard InChI is InChI=1S/C19H20N4O3S/c1-13-4-3-5-16(10-13)27(24,25)23-11-14(2)17(12-23)19-21-18(22-26-19)15-6-8-20-9-7-15/h3-10,14,17H,11-12H2,1-2H3/t14-,17-/m0/s1. The quantitative estimate of drug-likeness (QED) is 0.687. The highest BCUT2D eigenvalue weighted by Gasteiger charge is 2.40. The predicted octanol–water partition coefficient (Wildman–Crippen LogP) is 2.86. The van der Waals surface area contributed by atoms with E-state index in [9.17, 15) is 8.42 Å². The molecule has 1 aromatic carbocycles. The van der Waals surface area contributed by atoms with Crippen molar-refractivity contribution in [2.45, 2.75) is 24.7 Å². The maximum atomic E-state index is 13.0. The van der Waals surface area contributed by atoms with E-state index in [-0.39, 0.29) is 11.8 Å². The van der Waals surface area contributed by atoms with Gasteiger partial charge in [0.1, 0.15) is 0 Å². The van der Waals surface area contributed by atoms with Crippen LogP contribution in [0.2, 0.25) is 0 Å². The number of aromatic nitrogens is 3. The molecule has 1 aliphatic heterocycles. The van der Waals surface area contributed by atoms with E-state index in [1.165, 1.54) is 4.31 Å². The smallest absolute Gasteiger partial charge is 0.243 e. The Balaban J connectivity index is 1.58. The molecule has 3 aromatic rings. The second kappa shape index (κ2) is 6.86. The van der Waals surface area contributed by atoms with Crippen molar-refractivity contribution >= 4 is 10.0 Å². The lowest BCUT2D eigenvalue weighted by molar-refractivity contribution is 0.338. The fourth-order valence-corrected chi connectivity index (χ4v) is 5.04. The Hall–Kier alpha value is -2.58. The molecule has 8 heteroatoms. The molecule has 0 radical (unpaired) electrons. The van der Waals surface area contributed by atoms with E-state index in [1.54, 1.807) is 42.7 Å². The first-order valence-corrected chi connectivity index (χ1v) is 10.2. The molecule has 0 N–H and O–H groups in total. The number of aryl methyl sites for hydroxylation is 1. The molecule has 4 rings (SSSR count). The first-order chi connectivity index (χ1) is 12.9. The molecule has 1 fully saturated rings. The summed E-state index contributed by atoms with van der Waals surface area (Å²) in [6, 6.07) is 10.6. The summed E-state index contributed by atoms with van der Waals surface area (Å²) in [4.78, 5) is 8.79. The van der Waals surface area contributed by atoms with Gasteiger partial charge in [-0.05, 0) is 42.7 Å². The zero-order chi connectivity index (χ0) is 19.0. The normalized spacial score (nSPS) is 20.8. The average molecular weight is 384 g/mol. The Bertz CT molecular complexity index is 1050. The van der Waals surface area contributed by atoms with Crippen LogP contribution in [-0.2, 0) is 10.0 Å². The van der Waals surface area contributed by atoms with E-state index >= 15 is 0 Å². The lowest BCUT2D eigenvalue weighted by atomic mass is 9.98. The Morgan fingerprint density at radius 3 is 2.67 bits per heavy atom. The van der Waals surface area contributed by atoms with Crippen LogP contribution in [0.15, 0.2) is 58.2 Å². The van der Waals surface area contributed by atoms with Gasteiger partial charge in [0.25, 0.3) is 0 Å². The summed E-state index contributed by atoms with van der Waals surface area (Å²) in [5, 5.41) is 4.04. The monoisotopic (exact) mass is 384 g/mol. The molecule has 2 aromatic heterocycles. The first kappa shape index (κ1) is 17.8. The molecule has 2 atom stereocenters. The predicted molar refractivity (Wildman–Crippen MR) is 99.4 cm³/mol. The Morgan fingerprint density at radius 2 is 1.93 bits per heavy atom. The van der Waals surface area contributed by atoms with Gasteiger partial charge in [0.2, 0.25) is 21.7 Å². The molecule has 0 amide bonds. The summed E-state index contributed by atoms with van der Waals surface area (Å²) < 4.78 is 32.9. The minimum absolute atomic E-state index is 0.0790. The summed E-state index contributed by atoms with van der Waals surface area (Å²) in [5.74, 6) is 0.902. The van der Waals surface area contributed by atoms with Crippen LogP contribution in [0.5, 0.6) is 0 Å². The summed E-state index contributed by atoms with van der Waals surface area (Å²) in [7, 11) is -3.55. The van der Waals surface area contributed by atoms with Crippen molar-refractivity contribution in [3.05, 3.63) is 60.2 Å². The Kier molecular flexibility index (Phi) is 4.53. The molecule has 27 heavy (non-hydrogen) atoms. The van der Waals surface area contributed by atoms with Gasteiger partial charge in [0.05, 0.1) is 10.8 Å². The third-order valence-corrected chi connectivity index (χ3v) is 6.73. The lowest BCUT2D eigenvalue weighted by Crippen LogP contribution is -2.29. The van der Waals surface area contributed by atoms with Crippen LogP contribution in [0.25, 0.3) is 11.4 Å². The number of nitrogens with zero attached hydrogens (tertiary/aromatic N) is 4. The topological polar surface area (TPSA) is 89.2 Å². The zero-order valence-electron chi connectivity index (χ0n) is 15.1. The Morgan fingerprint density at radius 1 is 1.15 bits per heavy atom. The van der Waals surface area contributed by atoms with Gasteiger partial charge in [0, 0.05) is 31.0 Å². The second-order valence-electron chi connectivity index (χ2n) is 6.91. The third kappa shape index (κ3) is 3.38. The molecule has 3 heterocycles. The van der Waals surface area contributed by atoms with Gasteiger partial charge in [-0.15, -0.1) is 0 Å². The van der Waals surface area contributed by atoms with Crippen LogP contribution in [0.4, 0.5) is 0 Å². The molecular formula is C19H20N4O3S. The fraction of sp³-hybridized carbons (Fsp3) is 0.316. The van der Waals surface area contributed by atoms with Gasteiger partial charge in [-0.3, -0.25) is 4.98 Å². The number of hydrogen-bond acceptors (Lipinski definition) is 6. The molecule has 0 unspecified atom stereocenters. The molecule has 0 aliphatic carbocycles. The summed E-state index contributed by atoms with van der Waals surface area (Å²) in [6.07, 6.45) is 3.33. The van der Waals surface area contributed by atoms with Crippen molar-refractivity contribution in [1.82, 2.24) is 19.4 Å².